The van der Waals surface area contributed by atoms with Crippen LogP contribution >= 0.6 is 0 Å². The van der Waals surface area contributed by atoms with Crippen LogP contribution in [0.4, 0.5) is 0 Å². The molecule has 26 heavy (non-hydrogen) atoms. The summed E-state index contributed by atoms with van der Waals surface area (Å²) in [6.07, 6.45) is 3.02. The first-order valence-electron chi connectivity index (χ1n) is 9.17. The Kier molecular flexibility index (Phi) is 6.46. The highest BCUT2D eigenvalue weighted by molar-refractivity contribution is 6.35. The minimum absolute atomic E-state index is 0.0846. The van der Waals surface area contributed by atoms with Crippen LogP contribution in [0.25, 0.3) is 0 Å². The third-order valence-electron chi connectivity index (χ3n) is 4.99. The molecule has 2 amide bonds. The van der Waals surface area contributed by atoms with Gasteiger partial charge >= 0.3 is 11.8 Å². The number of nitrogens with one attached hydrogen (secondary N) is 2. The van der Waals surface area contributed by atoms with Gasteiger partial charge in [-0.1, -0.05) is 18.2 Å². The van der Waals surface area contributed by atoms with E-state index in [0.29, 0.717) is 17.6 Å². The van der Waals surface area contributed by atoms with Gasteiger partial charge in [-0.15, -0.1) is 0 Å². The number of carbonyl (C=O) groups is 2. The Labute approximate surface area is 153 Å². The summed E-state index contributed by atoms with van der Waals surface area (Å²) in [5.41, 5.74) is 0.758. The van der Waals surface area contributed by atoms with Gasteiger partial charge in [0.25, 0.3) is 0 Å². The molecular formula is C19H26N2O5. The number of aliphatic hydroxyl groups excluding tert-OH is 1. The predicted octanol–water partition coefficient (Wildman–Crippen LogP) is 0.605. The van der Waals surface area contributed by atoms with Gasteiger partial charge in [0.1, 0.15) is 12.4 Å². The van der Waals surface area contributed by atoms with Crippen molar-refractivity contribution in [2.75, 3.05) is 26.4 Å². The SMILES string of the molecule is O=C(NCc1ccccc1OCCO)C(=O)N[C@H]1C[C@H]1C1CCOCC1. The van der Waals surface area contributed by atoms with E-state index >= 15 is 0 Å². The van der Waals surface area contributed by atoms with Crippen LogP contribution in [0.5, 0.6) is 5.75 Å². The molecule has 2 atom stereocenters. The van der Waals surface area contributed by atoms with Crippen molar-refractivity contribution in [3.05, 3.63) is 29.8 Å². The molecule has 142 valence electrons. The third-order valence-corrected chi connectivity index (χ3v) is 4.99. The van der Waals surface area contributed by atoms with Crippen molar-refractivity contribution < 1.29 is 24.2 Å². The van der Waals surface area contributed by atoms with Crippen LogP contribution in [0.15, 0.2) is 24.3 Å². The molecule has 1 saturated carbocycles. The molecule has 1 aromatic carbocycles. The lowest BCUT2D eigenvalue weighted by molar-refractivity contribution is -0.139. The Hall–Kier alpha value is -2.12. The first-order chi connectivity index (χ1) is 12.7. The Morgan fingerprint density at radius 1 is 1.19 bits per heavy atom. The number of carbonyl (C=O) groups excluding carboxylic acids is 2. The molecule has 3 N–H and O–H groups in total. The predicted molar refractivity (Wildman–Crippen MR) is 94.5 cm³/mol. The van der Waals surface area contributed by atoms with Gasteiger partial charge in [-0.2, -0.15) is 0 Å². The summed E-state index contributed by atoms with van der Waals surface area (Å²) in [5.74, 6) is 0.429. The largest absolute Gasteiger partial charge is 0.491 e. The lowest BCUT2D eigenvalue weighted by Gasteiger charge is -2.22. The van der Waals surface area contributed by atoms with Crippen LogP contribution in [0.1, 0.15) is 24.8 Å². The zero-order valence-corrected chi connectivity index (χ0v) is 14.8. The van der Waals surface area contributed by atoms with E-state index in [-0.39, 0.29) is 25.8 Å². The summed E-state index contributed by atoms with van der Waals surface area (Å²) >= 11 is 0. The fourth-order valence-electron chi connectivity index (χ4n) is 3.48. The van der Waals surface area contributed by atoms with Crippen molar-refractivity contribution in [1.29, 1.82) is 0 Å². The Morgan fingerprint density at radius 3 is 2.73 bits per heavy atom. The normalized spacial score (nSPS) is 22.5. The van der Waals surface area contributed by atoms with Gasteiger partial charge in [-0.25, -0.2) is 0 Å². The average Bonchev–Trinajstić information content (AvgIpc) is 3.44. The second-order valence-corrected chi connectivity index (χ2v) is 6.79. The molecule has 3 rings (SSSR count). The second-order valence-electron chi connectivity index (χ2n) is 6.79. The standard InChI is InChI=1S/C19H26N2O5/c22-7-10-26-17-4-2-1-3-14(17)12-20-18(23)19(24)21-16-11-15(16)13-5-8-25-9-6-13/h1-4,13,15-16,22H,5-12H2,(H,20,23)(H,21,24)/t15-,16-/m0/s1. The molecule has 2 fully saturated rings. The summed E-state index contributed by atoms with van der Waals surface area (Å²) < 4.78 is 10.8. The number of para-hydroxylation sites is 1. The zero-order valence-electron chi connectivity index (χ0n) is 14.8. The lowest BCUT2D eigenvalue weighted by atomic mass is 9.94. The molecule has 0 bridgehead atoms. The van der Waals surface area contributed by atoms with E-state index in [2.05, 4.69) is 10.6 Å². The van der Waals surface area contributed by atoms with Gasteiger partial charge in [0.2, 0.25) is 0 Å². The van der Waals surface area contributed by atoms with E-state index in [1.165, 1.54) is 0 Å². The van der Waals surface area contributed by atoms with Gasteiger partial charge < -0.3 is 25.2 Å². The van der Waals surface area contributed by atoms with Crippen LogP contribution in [0, 0.1) is 11.8 Å². The van der Waals surface area contributed by atoms with Gasteiger partial charge in [-0.3, -0.25) is 9.59 Å². The van der Waals surface area contributed by atoms with Crippen molar-refractivity contribution >= 4 is 11.8 Å². The van der Waals surface area contributed by atoms with Crippen LogP contribution in [0.2, 0.25) is 0 Å². The van der Waals surface area contributed by atoms with Crippen molar-refractivity contribution in [3.63, 3.8) is 0 Å². The van der Waals surface area contributed by atoms with E-state index in [0.717, 1.165) is 38.0 Å². The molecule has 0 aromatic heterocycles. The number of ether oxygens (including phenoxy) is 2. The number of hydrogen-bond acceptors (Lipinski definition) is 5. The number of rotatable bonds is 7. The van der Waals surface area contributed by atoms with Crippen LogP contribution in [0.3, 0.4) is 0 Å². The van der Waals surface area contributed by atoms with E-state index < -0.39 is 11.8 Å². The van der Waals surface area contributed by atoms with E-state index in [1.54, 1.807) is 6.07 Å². The Balaban J connectivity index is 1.43. The molecule has 7 nitrogen and oxygen atoms in total. The summed E-state index contributed by atoms with van der Waals surface area (Å²) in [6.45, 7) is 1.88. The number of amides is 2. The number of benzene rings is 1. The highest BCUT2D eigenvalue weighted by atomic mass is 16.5. The van der Waals surface area contributed by atoms with Crippen molar-refractivity contribution in [3.8, 4) is 5.75 Å². The summed E-state index contributed by atoms with van der Waals surface area (Å²) in [5, 5.41) is 14.3. The van der Waals surface area contributed by atoms with Crippen molar-refractivity contribution in [2.45, 2.75) is 31.8 Å². The van der Waals surface area contributed by atoms with Crippen LogP contribution < -0.4 is 15.4 Å². The molecule has 2 aliphatic rings. The molecule has 0 unspecified atom stereocenters. The highest BCUT2D eigenvalue weighted by Gasteiger charge is 2.44. The van der Waals surface area contributed by atoms with Gasteiger partial charge in [0.15, 0.2) is 0 Å². The van der Waals surface area contributed by atoms with Gasteiger partial charge in [0, 0.05) is 31.4 Å². The Morgan fingerprint density at radius 2 is 1.96 bits per heavy atom. The van der Waals surface area contributed by atoms with Gasteiger partial charge in [-0.05, 0) is 37.2 Å². The minimum atomic E-state index is -0.639. The highest BCUT2D eigenvalue weighted by Crippen LogP contribution is 2.41. The number of aliphatic hydroxyl groups is 1. The average molecular weight is 362 g/mol. The molecular weight excluding hydrogens is 336 g/mol. The molecule has 0 radical (unpaired) electrons. The minimum Gasteiger partial charge on any atom is -0.491 e. The first-order valence-corrected chi connectivity index (χ1v) is 9.17. The second kappa shape index (κ2) is 9.00. The smallest absolute Gasteiger partial charge is 0.309 e. The summed E-state index contributed by atoms with van der Waals surface area (Å²) in [6, 6.07) is 7.33. The maximum Gasteiger partial charge on any atom is 0.309 e. The maximum absolute atomic E-state index is 12.1. The third kappa shape index (κ3) is 4.95. The van der Waals surface area contributed by atoms with Crippen LogP contribution in [-0.4, -0.2) is 49.4 Å². The van der Waals surface area contributed by atoms with Crippen molar-refractivity contribution in [1.82, 2.24) is 10.6 Å². The van der Waals surface area contributed by atoms with Crippen LogP contribution in [-0.2, 0) is 20.9 Å². The van der Waals surface area contributed by atoms with E-state index in [4.69, 9.17) is 14.6 Å². The fourth-order valence-corrected chi connectivity index (χ4v) is 3.48. The molecule has 1 saturated heterocycles. The van der Waals surface area contributed by atoms with Crippen molar-refractivity contribution in [2.24, 2.45) is 11.8 Å². The number of hydrogen-bond donors (Lipinski definition) is 3. The van der Waals surface area contributed by atoms with E-state index in [9.17, 15) is 9.59 Å². The quantitative estimate of drug-likeness (QED) is 0.618. The maximum atomic E-state index is 12.1. The molecule has 1 aliphatic heterocycles. The summed E-state index contributed by atoms with van der Waals surface area (Å²) in [4.78, 5) is 24.2. The topological polar surface area (TPSA) is 96.9 Å². The molecule has 1 heterocycles. The Bertz CT molecular complexity index is 630. The molecule has 1 aliphatic carbocycles. The van der Waals surface area contributed by atoms with Gasteiger partial charge in [0.05, 0.1) is 6.61 Å². The lowest BCUT2D eigenvalue weighted by Crippen LogP contribution is -2.41. The first kappa shape index (κ1) is 18.7. The molecule has 1 aromatic rings. The fraction of sp³-hybridized carbons (Fsp3) is 0.579. The van der Waals surface area contributed by atoms with E-state index in [1.807, 2.05) is 18.2 Å². The zero-order chi connectivity index (χ0) is 18.4. The molecule has 0 spiro atoms. The summed E-state index contributed by atoms with van der Waals surface area (Å²) in [7, 11) is 0. The monoisotopic (exact) mass is 362 g/mol. The molecule has 7 heteroatoms.